The van der Waals surface area contributed by atoms with E-state index in [2.05, 4.69) is 12.2 Å². The predicted molar refractivity (Wildman–Crippen MR) is 125 cm³/mol. The molecule has 0 saturated carbocycles. The zero-order valence-electron chi connectivity index (χ0n) is 18.2. The summed E-state index contributed by atoms with van der Waals surface area (Å²) >= 11 is 0. The maximum Gasteiger partial charge on any atom is 0.258 e. The third kappa shape index (κ3) is 5.72. The van der Waals surface area contributed by atoms with E-state index < -0.39 is 0 Å². The molecule has 0 bridgehead atoms. The van der Waals surface area contributed by atoms with Gasteiger partial charge < -0.3 is 15.0 Å². The molecule has 0 heterocycles. The van der Waals surface area contributed by atoms with Crippen LogP contribution in [0.5, 0.6) is 5.75 Å². The standard InChI is InChI=1S/C26H28N2O3/c1-4-19(3)31-24-16-14-20(15-17-24)25(29)27-22-11-9-10-21(18-22)26(30)28(5-2)23-12-7-6-8-13-23/h6-19H,4-5H2,1-3H3,(H,27,29). The van der Waals surface area contributed by atoms with Crippen LogP contribution in [0.15, 0.2) is 78.9 Å². The summed E-state index contributed by atoms with van der Waals surface area (Å²) in [6.07, 6.45) is 1.04. The molecule has 3 aromatic carbocycles. The molecule has 5 heteroatoms. The molecule has 160 valence electrons. The van der Waals surface area contributed by atoms with Gasteiger partial charge in [-0.1, -0.05) is 31.2 Å². The molecule has 0 aliphatic heterocycles. The first-order chi connectivity index (χ1) is 15.0. The maximum absolute atomic E-state index is 13.0. The first-order valence-electron chi connectivity index (χ1n) is 10.6. The van der Waals surface area contributed by atoms with Crippen LogP contribution < -0.4 is 15.0 Å². The smallest absolute Gasteiger partial charge is 0.258 e. The lowest BCUT2D eigenvalue weighted by atomic mass is 10.1. The van der Waals surface area contributed by atoms with Crippen molar-refractivity contribution < 1.29 is 14.3 Å². The minimum Gasteiger partial charge on any atom is -0.491 e. The molecule has 3 rings (SSSR count). The van der Waals surface area contributed by atoms with E-state index >= 15 is 0 Å². The number of carbonyl (C=O) groups is 2. The Kier molecular flexibility index (Phi) is 7.44. The van der Waals surface area contributed by atoms with Crippen LogP contribution in [0.1, 0.15) is 47.9 Å². The van der Waals surface area contributed by atoms with Crippen LogP contribution in [0.4, 0.5) is 11.4 Å². The number of hydrogen-bond acceptors (Lipinski definition) is 3. The first kappa shape index (κ1) is 22.1. The third-order valence-corrected chi connectivity index (χ3v) is 5.03. The van der Waals surface area contributed by atoms with Crippen molar-refractivity contribution in [1.82, 2.24) is 0 Å². The molecule has 0 spiro atoms. The lowest BCUT2D eigenvalue weighted by Crippen LogP contribution is -2.30. The summed E-state index contributed by atoms with van der Waals surface area (Å²) in [5, 5.41) is 2.87. The van der Waals surface area contributed by atoms with Crippen molar-refractivity contribution in [3.05, 3.63) is 90.0 Å². The fourth-order valence-electron chi connectivity index (χ4n) is 3.14. The highest BCUT2D eigenvalue weighted by atomic mass is 16.5. The molecule has 0 aliphatic carbocycles. The summed E-state index contributed by atoms with van der Waals surface area (Å²) in [7, 11) is 0. The number of hydrogen-bond donors (Lipinski definition) is 1. The quantitative estimate of drug-likeness (QED) is 0.506. The fourth-order valence-corrected chi connectivity index (χ4v) is 3.14. The summed E-state index contributed by atoms with van der Waals surface area (Å²) in [6, 6.07) is 23.6. The molecular weight excluding hydrogens is 388 g/mol. The maximum atomic E-state index is 13.0. The Morgan fingerprint density at radius 3 is 2.26 bits per heavy atom. The highest BCUT2D eigenvalue weighted by molar-refractivity contribution is 6.08. The minimum atomic E-state index is -0.241. The summed E-state index contributed by atoms with van der Waals surface area (Å²) in [5.74, 6) is 0.380. The van der Waals surface area contributed by atoms with Crippen LogP contribution in [0, 0.1) is 0 Å². The van der Waals surface area contributed by atoms with Gasteiger partial charge in [-0.3, -0.25) is 9.59 Å². The van der Waals surface area contributed by atoms with Crippen molar-refractivity contribution in [2.45, 2.75) is 33.3 Å². The number of amides is 2. The van der Waals surface area contributed by atoms with E-state index in [1.165, 1.54) is 0 Å². The van der Waals surface area contributed by atoms with Gasteiger partial charge in [-0.15, -0.1) is 0 Å². The van der Waals surface area contributed by atoms with Gasteiger partial charge >= 0.3 is 0 Å². The Morgan fingerprint density at radius 2 is 1.61 bits per heavy atom. The predicted octanol–water partition coefficient (Wildman–Crippen LogP) is 5.78. The molecule has 3 aromatic rings. The molecule has 31 heavy (non-hydrogen) atoms. The van der Waals surface area contributed by atoms with Gasteiger partial charge in [0.05, 0.1) is 6.10 Å². The molecule has 1 atom stereocenters. The second kappa shape index (κ2) is 10.4. The molecule has 0 radical (unpaired) electrons. The monoisotopic (exact) mass is 416 g/mol. The van der Waals surface area contributed by atoms with E-state index in [4.69, 9.17) is 4.74 Å². The van der Waals surface area contributed by atoms with Crippen LogP contribution in [0.2, 0.25) is 0 Å². The van der Waals surface area contributed by atoms with Crippen LogP contribution in [-0.2, 0) is 0 Å². The number of carbonyl (C=O) groups excluding carboxylic acids is 2. The second-order valence-electron chi connectivity index (χ2n) is 7.28. The number of nitrogens with zero attached hydrogens (tertiary/aromatic N) is 1. The van der Waals surface area contributed by atoms with E-state index in [9.17, 15) is 9.59 Å². The van der Waals surface area contributed by atoms with Crippen molar-refractivity contribution in [1.29, 1.82) is 0 Å². The molecule has 0 aromatic heterocycles. The number of rotatable bonds is 8. The van der Waals surface area contributed by atoms with Gasteiger partial charge in [0.15, 0.2) is 0 Å². The molecule has 5 nitrogen and oxygen atoms in total. The average Bonchev–Trinajstić information content (AvgIpc) is 2.80. The van der Waals surface area contributed by atoms with E-state index in [0.717, 1.165) is 17.9 Å². The topological polar surface area (TPSA) is 58.6 Å². The van der Waals surface area contributed by atoms with Crippen molar-refractivity contribution in [3.63, 3.8) is 0 Å². The number of benzene rings is 3. The number of anilines is 2. The van der Waals surface area contributed by atoms with Crippen LogP contribution in [0.3, 0.4) is 0 Å². The Bertz CT molecular complexity index is 1020. The van der Waals surface area contributed by atoms with Gasteiger partial charge in [0, 0.05) is 29.0 Å². The Labute approximate surface area is 183 Å². The fraction of sp³-hybridized carbons (Fsp3) is 0.231. The summed E-state index contributed by atoms with van der Waals surface area (Å²) in [6.45, 7) is 6.55. The van der Waals surface area contributed by atoms with E-state index in [1.807, 2.05) is 44.2 Å². The van der Waals surface area contributed by atoms with E-state index in [1.54, 1.807) is 53.4 Å². The SMILES string of the molecule is CCC(C)Oc1ccc(C(=O)Nc2cccc(C(=O)N(CC)c3ccccc3)c2)cc1. The Morgan fingerprint density at radius 1 is 0.903 bits per heavy atom. The zero-order chi connectivity index (χ0) is 22.2. The molecule has 0 saturated heterocycles. The van der Waals surface area contributed by atoms with E-state index in [0.29, 0.717) is 23.4 Å². The zero-order valence-corrected chi connectivity index (χ0v) is 18.2. The van der Waals surface area contributed by atoms with Crippen LogP contribution in [-0.4, -0.2) is 24.5 Å². The molecule has 0 aliphatic rings. The highest BCUT2D eigenvalue weighted by Gasteiger charge is 2.17. The summed E-state index contributed by atoms with van der Waals surface area (Å²) in [4.78, 5) is 27.4. The third-order valence-electron chi connectivity index (χ3n) is 5.03. The van der Waals surface area contributed by atoms with E-state index in [-0.39, 0.29) is 17.9 Å². The lowest BCUT2D eigenvalue weighted by molar-refractivity contribution is 0.0985. The molecular formula is C26H28N2O3. The van der Waals surface area contributed by atoms with Gasteiger partial charge in [-0.05, 0) is 74.9 Å². The van der Waals surface area contributed by atoms with Crippen molar-refractivity contribution in [2.75, 3.05) is 16.8 Å². The van der Waals surface area contributed by atoms with Gasteiger partial charge in [0.1, 0.15) is 5.75 Å². The van der Waals surface area contributed by atoms with Gasteiger partial charge in [-0.2, -0.15) is 0 Å². The second-order valence-corrected chi connectivity index (χ2v) is 7.28. The van der Waals surface area contributed by atoms with Crippen LogP contribution >= 0.6 is 0 Å². The average molecular weight is 417 g/mol. The van der Waals surface area contributed by atoms with Gasteiger partial charge in [0.2, 0.25) is 0 Å². The number of ether oxygens (including phenoxy) is 1. The summed E-state index contributed by atoms with van der Waals surface area (Å²) in [5.41, 5.74) is 2.44. The van der Waals surface area contributed by atoms with Crippen molar-refractivity contribution in [3.8, 4) is 5.75 Å². The van der Waals surface area contributed by atoms with Gasteiger partial charge in [0.25, 0.3) is 11.8 Å². The highest BCUT2D eigenvalue weighted by Crippen LogP contribution is 2.20. The molecule has 1 unspecified atom stereocenters. The Hall–Kier alpha value is -3.60. The van der Waals surface area contributed by atoms with Crippen LogP contribution in [0.25, 0.3) is 0 Å². The van der Waals surface area contributed by atoms with Crippen molar-refractivity contribution >= 4 is 23.2 Å². The number of para-hydroxylation sites is 1. The number of nitrogens with one attached hydrogen (secondary N) is 1. The largest absolute Gasteiger partial charge is 0.491 e. The molecule has 2 amide bonds. The lowest BCUT2D eigenvalue weighted by Gasteiger charge is -2.21. The summed E-state index contributed by atoms with van der Waals surface area (Å²) < 4.78 is 5.75. The molecule has 1 N–H and O–H groups in total. The Balaban J connectivity index is 1.71. The van der Waals surface area contributed by atoms with Crippen molar-refractivity contribution in [2.24, 2.45) is 0 Å². The normalized spacial score (nSPS) is 11.5. The van der Waals surface area contributed by atoms with Gasteiger partial charge in [-0.25, -0.2) is 0 Å². The first-order valence-corrected chi connectivity index (χ1v) is 10.6. The molecule has 0 fully saturated rings. The minimum absolute atomic E-state index is 0.114.